The molecule has 1 heterocycles. The smallest absolute Gasteiger partial charge is 0.320 e. The van der Waals surface area contributed by atoms with E-state index in [9.17, 15) is 9.59 Å². The standard InChI is InChI=1S/C15H29N3O3/c1-5-11(2)10-12(3)16-15(21)18-8-6-17(7-9-18)13(4)14(19)20/h11-13H,5-10H2,1-4H3,(H,16,21)(H,19,20). The van der Waals surface area contributed by atoms with Crippen molar-refractivity contribution in [3.05, 3.63) is 0 Å². The van der Waals surface area contributed by atoms with E-state index in [0.717, 1.165) is 12.8 Å². The van der Waals surface area contributed by atoms with Crippen LogP contribution in [-0.2, 0) is 4.79 Å². The maximum atomic E-state index is 12.2. The number of carbonyl (C=O) groups excluding carboxylic acids is 1. The van der Waals surface area contributed by atoms with Gasteiger partial charge in [-0.15, -0.1) is 0 Å². The second-order valence-corrected chi connectivity index (χ2v) is 6.14. The lowest BCUT2D eigenvalue weighted by molar-refractivity contribution is -0.143. The van der Waals surface area contributed by atoms with Gasteiger partial charge in [0.2, 0.25) is 0 Å². The van der Waals surface area contributed by atoms with Crippen LogP contribution in [-0.4, -0.2) is 65.2 Å². The molecule has 21 heavy (non-hydrogen) atoms. The van der Waals surface area contributed by atoms with Crippen LogP contribution in [0.1, 0.15) is 40.5 Å². The van der Waals surface area contributed by atoms with Crippen LogP contribution in [0.2, 0.25) is 0 Å². The summed E-state index contributed by atoms with van der Waals surface area (Å²) < 4.78 is 0. The van der Waals surface area contributed by atoms with Crippen molar-refractivity contribution in [3.8, 4) is 0 Å². The number of piperazine rings is 1. The molecule has 122 valence electrons. The molecule has 1 aliphatic heterocycles. The number of rotatable bonds is 6. The molecular weight excluding hydrogens is 270 g/mol. The maximum Gasteiger partial charge on any atom is 0.320 e. The summed E-state index contributed by atoms with van der Waals surface area (Å²) in [4.78, 5) is 26.8. The first-order valence-electron chi connectivity index (χ1n) is 7.87. The number of carboxylic acids is 1. The summed E-state index contributed by atoms with van der Waals surface area (Å²) >= 11 is 0. The van der Waals surface area contributed by atoms with Gasteiger partial charge in [-0.2, -0.15) is 0 Å². The molecule has 1 saturated heterocycles. The zero-order valence-electron chi connectivity index (χ0n) is 13.6. The number of amides is 2. The zero-order chi connectivity index (χ0) is 16.0. The predicted octanol–water partition coefficient (Wildman–Crippen LogP) is 1.61. The SMILES string of the molecule is CCC(C)CC(C)NC(=O)N1CCN(C(C)C(=O)O)CC1. The number of carbonyl (C=O) groups is 2. The van der Waals surface area contributed by atoms with Gasteiger partial charge in [0, 0.05) is 32.2 Å². The van der Waals surface area contributed by atoms with E-state index in [1.165, 1.54) is 0 Å². The summed E-state index contributed by atoms with van der Waals surface area (Å²) in [5.74, 6) is -0.205. The molecule has 3 unspecified atom stereocenters. The molecule has 0 spiro atoms. The van der Waals surface area contributed by atoms with Crippen LogP contribution in [0.15, 0.2) is 0 Å². The number of aliphatic carboxylic acids is 1. The molecule has 0 radical (unpaired) electrons. The molecule has 2 amide bonds. The van der Waals surface area contributed by atoms with Crippen LogP contribution in [0, 0.1) is 5.92 Å². The Morgan fingerprint density at radius 1 is 1.14 bits per heavy atom. The highest BCUT2D eigenvalue weighted by molar-refractivity contribution is 5.75. The van der Waals surface area contributed by atoms with Gasteiger partial charge in [0.15, 0.2) is 0 Å². The number of hydrogen-bond acceptors (Lipinski definition) is 3. The van der Waals surface area contributed by atoms with Gasteiger partial charge in [-0.1, -0.05) is 20.3 Å². The molecule has 0 aromatic heterocycles. The predicted molar refractivity (Wildman–Crippen MR) is 82.3 cm³/mol. The van der Waals surface area contributed by atoms with Gasteiger partial charge in [0.05, 0.1) is 0 Å². The van der Waals surface area contributed by atoms with Crippen molar-refractivity contribution in [1.29, 1.82) is 0 Å². The third kappa shape index (κ3) is 5.53. The molecule has 0 aromatic carbocycles. The van der Waals surface area contributed by atoms with E-state index in [0.29, 0.717) is 32.1 Å². The summed E-state index contributed by atoms with van der Waals surface area (Å²) in [5, 5.41) is 12.0. The van der Waals surface area contributed by atoms with Crippen LogP contribution >= 0.6 is 0 Å². The van der Waals surface area contributed by atoms with Crippen molar-refractivity contribution < 1.29 is 14.7 Å². The number of urea groups is 1. The van der Waals surface area contributed by atoms with E-state index >= 15 is 0 Å². The molecule has 1 aliphatic rings. The van der Waals surface area contributed by atoms with Crippen LogP contribution in [0.5, 0.6) is 0 Å². The summed E-state index contributed by atoms with van der Waals surface area (Å²) in [6.07, 6.45) is 2.10. The van der Waals surface area contributed by atoms with Crippen molar-refractivity contribution in [1.82, 2.24) is 15.1 Å². The zero-order valence-corrected chi connectivity index (χ0v) is 13.6. The Morgan fingerprint density at radius 3 is 2.19 bits per heavy atom. The molecular formula is C15H29N3O3. The van der Waals surface area contributed by atoms with Gasteiger partial charge in [0.1, 0.15) is 6.04 Å². The Hall–Kier alpha value is -1.30. The second kappa shape index (κ2) is 8.22. The summed E-state index contributed by atoms with van der Waals surface area (Å²) in [7, 11) is 0. The van der Waals surface area contributed by atoms with Crippen LogP contribution in [0.25, 0.3) is 0 Å². The molecule has 1 rings (SSSR count). The van der Waals surface area contributed by atoms with Crippen molar-refractivity contribution >= 4 is 12.0 Å². The summed E-state index contributed by atoms with van der Waals surface area (Å²) in [6.45, 7) is 10.5. The van der Waals surface area contributed by atoms with Gasteiger partial charge in [0.25, 0.3) is 0 Å². The normalized spacial score (nSPS) is 20.7. The quantitative estimate of drug-likeness (QED) is 0.781. The van der Waals surface area contributed by atoms with Crippen molar-refractivity contribution in [2.24, 2.45) is 5.92 Å². The minimum atomic E-state index is -0.810. The average molecular weight is 299 g/mol. The van der Waals surface area contributed by atoms with E-state index in [1.54, 1.807) is 11.8 Å². The molecule has 0 saturated carbocycles. The number of nitrogens with zero attached hydrogens (tertiary/aromatic N) is 2. The summed E-state index contributed by atoms with van der Waals surface area (Å²) in [5.41, 5.74) is 0. The molecule has 0 aliphatic carbocycles. The highest BCUT2D eigenvalue weighted by atomic mass is 16.4. The fourth-order valence-electron chi connectivity index (χ4n) is 2.60. The van der Waals surface area contributed by atoms with Crippen molar-refractivity contribution in [2.75, 3.05) is 26.2 Å². The van der Waals surface area contributed by atoms with Crippen LogP contribution in [0.3, 0.4) is 0 Å². The third-order valence-electron chi connectivity index (χ3n) is 4.33. The van der Waals surface area contributed by atoms with Crippen molar-refractivity contribution in [2.45, 2.75) is 52.6 Å². The molecule has 0 aromatic rings. The molecule has 2 N–H and O–H groups in total. The highest BCUT2D eigenvalue weighted by Crippen LogP contribution is 2.11. The Kier molecular flexibility index (Phi) is 6.95. The lowest BCUT2D eigenvalue weighted by Crippen LogP contribution is -2.56. The minimum absolute atomic E-state index is 0.0339. The van der Waals surface area contributed by atoms with Crippen LogP contribution < -0.4 is 5.32 Å². The molecule has 3 atom stereocenters. The first-order chi connectivity index (χ1) is 9.85. The number of carboxylic acid groups (broad SMARTS) is 1. The van der Waals surface area contributed by atoms with Gasteiger partial charge < -0.3 is 15.3 Å². The average Bonchev–Trinajstić information content (AvgIpc) is 2.46. The number of hydrogen-bond donors (Lipinski definition) is 2. The van der Waals surface area contributed by atoms with Crippen molar-refractivity contribution in [3.63, 3.8) is 0 Å². The first kappa shape index (κ1) is 17.8. The van der Waals surface area contributed by atoms with Gasteiger partial charge >= 0.3 is 12.0 Å². The largest absolute Gasteiger partial charge is 0.480 e. The lowest BCUT2D eigenvalue weighted by atomic mass is 10.0. The topological polar surface area (TPSA) is 72.9 Å². The van der Waals surface area contributed by atoms with E-state index in [4.69, 9.17) is 5.11 Å². The molecule has 1 fully saturated rings. The fourth-order valence-corrected chi connectivity index (χ4v) is 2.60. The second-order valence-electron chi connectivity index (χ2n) is 6.14. The summed E-state index contributed by atoms with van der Waals surface area (Å²) in [6, 6.07) is -0.351. The van der Waals surface area contributed by atoms with E-state index in [2.05, 4.69) is 19.2 Å². The Balaban J connectivity index is 2.36. The monoisotopic (exact) mass is 299 g/mol. The molecule has 6 nitrogen and oxygen atoms in total. The van der Waals surface area contributed by atoms with Crippen LogP contribution in [0.4, 0.5) is 4.79 Å². The van der Waals surface area contributed by atoms with Gasteiger partial charge in [-0.3, -0.25) is 9.69 Å². The number of nitrogens with one attached hydrogen (secondary N) is 1. The van der Waals surface area contributed by atoms with E-state index < -0.39 is 12.0 Å². The van der Waals surface area contributed by atoms with E-state index in [1.807, 2.05) is 11.8 Å². The Labute approximate surface area is 127 Å². The van der Waals surface area contributed by atoms with E-state index in [-0.39, 0.29) is 12.1 Å². The fraction of sp³-hybridized carbons (Fsp3) is 0.867. The molecule has 0 bridgehead atoms. The van der Waals surface area contributed by atoms with Gasteiger partial charge in [-0.25, -0.2) is 4.79 Å². The Bertz CT molecular complexity index is 354. The highest BCUT2D eigenvalue weighted by Gasteiger charge is 2.27. The van der Waals surface area contributed by atoms with Gasteiger partial charge in [-0.05, 0) is 26.2 Å². The maximum absolute atomic E-state index is 12.2. The lowest BCUT2D eigenvalue weighted by Gasteiger charge is -2.37. The molecule has 6 heteroatoms. The third-order valence-corrected chi connectivity index (χ3v) is 4.33. The first-order valence-corrected chi connectivity index (χ1v) is 7.87. The minimum Gasteiger partial charge on any atom is -0.480 e. The Morgan fingerprint density at radius 2 is 1.71 bits per heavy atom.